The lowest BCUT2D eigenvalue weighted by Crippen LogP contribution is -2.39. The standard InChI is InChI=1S/C14H24O2/c1-3-5-6-7-8-14(15-11-12-16-14)13(4-2)9-10-13/h4H,2-3,5-12H2,1H3. The Morgan fingerprint density at radius 3 is 2.31 bits per heavy atom. The minimum atomic E-state index is -0.317. The first-order chi connectivity index (χ1) is 7.79. The van der Waals surface area contributed by atoms with Crippen molar-refractivity contribution >= 4 is 0 Å². The van der Waals surface area contributed by atoms with Crippen LogP contribution in [0.25, 0.3) is 0 Å². The highest BCUT2D eigenvalue weighted by Gasteiger charge is 2.60. The van der Waals surface area contributed by atoms with Gasteiger partial charge in [0, 0.05) is 11.8 Å². The topological polar surface area (TPSA) is 18.5 Å². The summed E-state index contributed by atoms with van der Waals surface area (Å²) >= 11 is 0. The summed E-state index contributed by atoms with van der Waals surface area (Å²) in [6.45, 7) is 7.72. The molecular weight excluding hydrogens is 200 g/mol. The van der Waals surface area contributed by atoms with E-state index in [-0.39, 0.29) is 11.2 Å². The summed E-state index contributed by atoms with van der Waals surface area (Å²) in [5, 5.41) is 0. The molecule has 0 atom stereocenters. The van der Waals surface area contributed by atoms with E-state index in [1.807, 2.05) is 0 Å². The second-order valence-electron chi connectivity index (χ2n) is 5.12. The number of ether oxygens (including phenoxy) is 2. The monoisotopic (exact) mass is 224 g/mol. The normalized spacial score (nSPS) is 25.6. The van der Waals surface area contributed by atoms with Crippen molar-refractivity contribution in [2.24, 2.45) is 5.41 Å². The number of hydrogen-bond acceptors (Lipinski definition) is 2. The summed E-state index contributed by atoms with van der Waals surface area (Å²) in [7, 11) is 0. The molecule has 0 radical (unpaired) electrons. The summed E-state index contributed by atoms with van der Waals surface area (Å²) < 4.78 is 11.9. The van der Waals surface area contributed by atoms with Crippen molar-refractivity contribution < 1.29 is 9.47 Å². The molecular formula is C14H24O2. The van der Waals surface area contributed by atoms with E-state index in [1.165, 1.54) is 38.5 Å². The summed E-state index contributed by atoms with van der Waals surface area (Å²) in [5.74, 6) is -0.317. The highest BCUT2D eigenvalue weighted by atomic mass is 16.7. The molecule has 2 fully saturated rings. The second kappa shape index (κ2) is 4.89. The van der Waals surface area contributed by atoms with Gasteiger partial charge in [-0.2, -0.15) is 0 Å². The fraction of sp³-hybridized carbons (Fsp3) is 0.857. The molecule has 2 heteroatoms. The van der Waals surface area contributed by atoms with Crippen LogP contribution in [-0.4, -0.2) is 19.0 Å². The molecule has 1 saturated carbocycles. The minimum Gasteiger partial charge on any atom is -0.347 e. The van der Waals surface area contributed by atoms with Crippen LogP contribution in [0.3, 0.4) is 0 Å². The molecule has 16 heavy (non-hydrogen) atoms. The lowest BCUT2D eigenvalue weighted by molar-refractivity contribution is -0.199. The van der Waals surface area contributed by atoms with Crippen LogP contribution in [-0.2, 0) is 9.47 Å². The fourth-order valence-corrected chi connectivity index (χ4v) is 2.80. The molecule has 1 saturated heterocycles. The lowest BCUT2D eigenvalue weighted by Gasteiger charge is -2.34. The molecule has 2 nitrogen and oxygen atoms in total. The van der Waals surface area contributed by atoms with Gasteiger partial charge in [0.1, 0.15) is 0 Å². The third-order valence-corrected chi connectivity index (χ3v) is 4.05. The molecule has 0 bridgehead atoms. The Kier molecular flexibility index (Phi) is 3.70. The van der Waals surface area contributed by atoms with E-state index in [9.17, 15) is 0 Å². The van der Waals surface area contributed by atoms with E-state index in [4.69, 9.17) is 9.47 Å². The molecule has 0 unspecified atom stereocenters. The van der Waals surface area contributed by atoms with Crippen molar-refractivity contribution in [2.45, 2.75) is 57.7 Å². The lowest BCUT2D eigenvalue weighted by atomic mass is 9.90. The highest BCUT2D eigenvalue weighted by molar-refractivity contribution is 5.15. The van der Waals surface area contributed by atoms with E-state index < -0.39 is 0 Å². The Morgan fingerprint density at radius 2 is 1.81 bits per heavy atom. The van der Waals surface area contributed by atoms with Crippen LogP contribution in [0, 0.1) is 5.41 Å². The van der Waals surface area contributed by atoms with Gasteiger partial charge in [0.05, 0.1) is 13.2 Å². The molecule has 92 valence electrons. The van der Waals surface area contributed by atoms with E-state index in [2.05, 4.69) is 19.6 Å². The van der Waals surface area contributed by atoms with Gasteiger partial charge in [-0.1, -0.05) is 32.3 Å². The Hall–Kier alpha value is -0.340. The predicted octanol–water partition coefficient (Wildman–Crippen LogP) is 3.67. The van der Waals surface area contributed by atoms with Crippen LogP contribution < -0.4 is 0 Å². The molecule has 0 spiro atoms. The van der Waals surface area contributed by atoms with Gasteiger partial charge < -0.3 is 9.47 Å². The summed E-state index contributed by atoms with van der Waals surface area (Å²) in [6, 6.07) is 0. The van der Waals surface area contributed by atoms with Crippen molar-refractivity contribution in [3.63, 3.8) is 0 Å². The molecule has 1 aliphatic carbocycles. The fourth-order valence-electron chi connectivity index (χ4n) is 2.80. The Balaban J connectivity index is 1.91. The zero-order chi connectivity index (χ0) is 11.5. The summed E-state index contributed by atoms with van der Waals surface area (Å²) in [6.07, 6.45) is 10.6. The first-order valence-corrected chi connectivity index (χ1v) is 6.70. The zero-order valence-corrected chi connectivity index (χ0v) is 10.5. The maximum Gasteiger partial charge on any atom is 0.177 e. The second-order valence-corrected chi connectivity index (χ2v) is 5.12. The van der Waals surface area contributed by atoms with Gasteiger partial charge in [0.2, 0.25) is 0 Å². The summed E-state index contributed by atoms with van der Waals surface area (Å²) in [5.41, 5.74) is 0.135. The quantitative estimate of drug-likeness (QED) is 0.485. The molecule has 0 N–H and O–H groups in total. The van der Waals surface area contributed by atoms with Crippen molar-refractivity contribution in [2.75, 3.05) is 13.2 Å². The third kappa shape index (κ3) is 2.05. The molecule has 0 aromatic heterocycles. The van der Waals surface area contributed by atoms with Gasteiger partial charge in [-0.15, -0.1) is 6.58 Å². The molecule has 0 aromatic carbocycles. The van der Waals surface area contributed by atoms with Crippen LogP contribution >= 0.6 is 0 Å². The van der Waals surface area contributed by atoms with Gasteiger partial charge in [0.15, 0.2) is 5.79 Å². The van der Waals surface area contributed by atoms with Crippen molar-refractivity contribution in [3.8, 4) is 0 Å². The Morgan fingerprint density at radius 1 is 1.12 bits per heavy atom. The SMILES string of the molecule is C=CC1(C2(CCCCCC)OCCO2)CC1. The van der Waals surface area contributed by atoms with Crippen LogP contribution in [0.2, 0.25) is 0 Å². The number of hydrogen-bond donors (Lipinski definition) is 0. The average Bonchev–Trinajstić information content (AvgIpc) is 2.98. The van der Waals surface area contributed by atoms with Gasteiger partial charge >= 0.3 is 0 Å². The van der Waals surface area contributed by atoms with Gasteiger partial charge in [0.25, 0.3) is 0 Å². The van der Waals surface area contributed by atoms with Crippen molar-refractivity contribution in [1.29, 1.82) is 0 Å². The van der Waals surface area contributed by atoms with E-state index in [0.717, 1.165) is 19.6 Å². The Labute approximate surface area is 99.0 Å². The predicted molar refractivity (Wildman–Crippen MR) is 65.3 cm³/mol. The average molecular weight is 224 g/mol. The van der Waals surface area contributed by atoms with E-state index >= 15 is 0 Å². The smallest absolute Gasteiger partial charge is 0.177 e. The molecule has 1 aliphatic heterocycles. The minimum absolute atomic E-state index is 0.135. The Bertz CT molecular complexity index is 237. The van der Waals surface area contributed by atoms with Gasteiger partial charge in [-0.25, -0.2) is 0 Å². The van der Waals surface area contributed by atoms with Crippen molar-refractivity contribution in [1.82, 2.24) is 0 Å². The van der Waals surface area contributed by atoms with Crippen LogP contribution in [0.15, 0.2) is 12.7 Å². The van der Waals surface area contributed by atoms with Crippen LogP contribution in [0.4, 0.5) is 0 Å². The molecule has 0 aromatic rings. The first kappa shape index (κ1) is 12.1. The number of rotatable bonds is 7. The molecule has 0 amide bonds. The molecule has 2 aliphatic rings. The number of unbranched alkanes of at least 4 members (excludes halogenated alkanes) is 3. The maximum absolute atomic E-state index is 5.95. The van der Waals surface area contributed by atoms with Crippen LogP contribution in [0.5, 0.6) is 0 Å². The maximum atomic E-state index is 5.95. The van der Waals surface area contributed by atoms with Gasteiger partial charge in [-0.3, -0.25) is 0 Å². The highest BCUT2D eigenvalue weighted by Crippen LogP contribution is 2.60. The summed E-state index contributed by atoms with van der Waals surface area (Å²) in [4.78, 5) is 0. The third-order valence-electron chi connectivity index (χ3n) is 4.05. The molecule has 2 rings (SSSR count). The van der Waals surface area contributed by atoms with E-state index in [0.29, 0.717) is 0 Å². The molecule has 1 heterocycles. The largest absolute Gasteiger partial charge is 0.347 e. The zero-order valence-electron chi connectivity index (χ0n) is 10.5. The van der Waals surface area contributed by atoms with Crippen LogP contribution in [0.1, 0.15) is 51.9 Å². The van der Waals surface area contributed by atoms with E-state index in [1.54, 1.807) is 0 Å². The van der Waals surface area contributed by atoms with Gasteiger partial charge in [-0.05, 0) is 19.3 Å². The first-order valence-electron chi connectivity index (χ1n) is 6.70. The van der Waals surface area contributed by atoms with Crippen molar-refractivity contribution in [3.05, 3.63) is 12.7 Å².